The lowest BCUT2D eigenvalue weighted by Gasteiger charge is -2.30. The van der Waals surface area contributed by atoms with Crippen LogP contribution in [0.15, 0.2) is 48.0 Å². The molecule has 0 saturated carbocycles. The fraction of sp³-hybridized carbons (Fsp3) is 0.333. The summed E-state index contributed by atoms with van der Waals surface area (Å²) < 4.78 is 5.88. The van der Waals surface area contributed by atoms with Gasteiger partial charge < -0.3 is 9.64 Å². The van der Waals surface area contributed by atoms with Crippen molar-refractivity contribution in [3.8, 4) is 5.75 Å². The van der Waals surface area contributed by atoms with Gasteiger partial charge in [0.25, 0.3) is 0 Å². The van der Waals surface area contributed by atoms with E-state index >= 15 is 0 Å². The molecular weight excluding hydrogens is 282 g/mol. The van der Waals surface area contributed by atoms with Crippen LogP contribution in [0.5, 0.6) is 5.75 Å². The monoisotopic (exact) mass is 305 g/mol. The molecule has 2 heteroatoms. The van der Waals surface area contributed by atoms with Crippen LogP contribution in [0.1, 0.15) is 30.0 Å². The van der Waals surface area contributed by atoms with Crippen molar-refractivity contribution < 1.29 is 4.74 Å². The number of para-hydroxylation sites is 1. The molecule has 0 spiro atoms. The minimum Gasteiger partial charge on any atom is -0.489 e. The molecule has 0 fully saturated rings. The molecule has 2 aromatic rings. The van der Waals surface area contributed by atoms with Crippen molar-refractivity contribution in [2.24, 2.45) is 0 Å². The highest BCUT2D eigenvalue weighted by molar-refractivity contribution is 5.64. The second-order valence-corrected chi connectivity index (χ2v) is 6.45. The summed E-state index contributed by atoms with van der Waals surface area (Å²) in [6.45, 7) is 5.23. The van der Waals surface area contributed by atoms with Gasteiger partial charge in [-0.25, -0.2) is 0 Å². The molecule has 0 aliphatic carbocycles. The van der Waals surface area contributed by atoms with Crippen LogP contribution in [0.4, 0.5) is 5.69 Å². The summed E-state index contributed by atoms with van der Waals surface area (Å²) >= 11 is 0. The van der Waals surface area contributed by atoms with Crippen molar-refractivity contribution >= 4 is 11.8 Å². The minimum absolute atomic E-state index is 0.704. The average Bonchev–Trinajstić information content (AvgIpc) is 2.61. The van der Waals surface area contributed by atoms with Gasteiger partial charge >= 0.3 is 0 Å². The molecule has 2 heterocycles. The number of ether oxygens (including phenoxy) is 1. The number of rotatable bonds is 2. The van der Waals surface area contributed by atoms with Gasteiger partial charge in [-0.1, -0.05) is 30.3 Å². The Kier molecular flexibility index (Phi) is 3.82. The molecule has 4 rings (SSSR count). The first-order valence-corrected chi connectivity index (χ1v) is 8.61. The highest BCUT2D eigenvalue weighted by Crippen LogP contribution is 2.30. The van der Waals surface area contributed by atoms with Crippen LogP contribution in [0.2, 0.25) is 0 Å². The lowest BCUT2D eigenvalue weighted by molar-refractivity contribution is 0.333. The standard InChI is InChI=1S/C21H23NO/c1-2-22-11-5-7-18-13-16(9-10-20(18)22)12-17-14-19-6-3-4-8-21(19)23-15-17/h3-4,6,8-10,12-13H,2,5,7,11,14-15H2,1H3. The molecule has 2 aliphatic rings. The normalized spacial score (nSPS) is 18.3. The van der Waals surface area contributed by atoms with Gasteiger partial charge in [-0.3, -0.25) is 0 Å². The molecule has 0 atom stereocenters. The lowest BCUT2D eigenvalue weighted by atomic mass is 9.96. The first-order valence-electron chi connectivity index (χ1n) is 8.61. The number of hydrogen-bond donors (Lipinski definition) is 0. The molecule has 118 valence electrons. The predicted octanol–water partition coefficient (Wildman–Crippen LogP) is 4.48. The fourth-order valence-corrected chi connectivity index (χ4v) is 3.70. The molecule has 0 radical (unpaired) electrons. The first-order chi connectivity index (χ1) is 11.3. The predicted molar refractivity (Wildman–Crippen MR) is 96.3 cm³/mol. The Labute approximate surface area is 138 Å². The quantitative estimate of drug-likeness (QED) is 0.811. The molecule has 2 aromatic carbocycles. The van der Waals surface area contributed by atoms with Crippen LogP contribution in [0.25, 0.3) is 6.08 Å². The largest absolute Gasteiger partial charge is 0.489 e. The molecule has 2 aliphatic heterocycles. The average molecular weight is 305 g/mol. The van der Waals surface area contributed by atoms with Gasteiger partial charge in [0.15, 0.2) is 0 Å². The van der Waals surface area contributed by atoms with Gasteiger partial charge in [-0.05, 0) is 60.2 Å². The highest BCUT2D eigenvalue weighted by atomic mass is 16.5. The number of nitrogens with zero attached hydrogens (tertiary/aromatic N) is 1. The number of hydrogen-bond acceptors (Lipinski definition) is 2. The van der Waals surface area contributed by atoms with Crippen molar-refractivity contribution in [2.75, 3.05) is 24.6 Å². The number of aryl methyl sites for hydroxylation is 1. The van der Waals surface area contributed by atoms with Crippen molar-refractivity contribution in [1.29, 1.82) is 0 Å². The fourth-order valence-electron chi connectivity index (χ4n) is 3.70. The van der Waals surface area contributed by atoms with Crippen LogP contribution in [-0.2, 0) is 12.8 Å². The summed E-state index contributed by atoms with van der Waals surface area (Å²) in [4.78, 5) is 2.48. The van der Waals surface area contributed by atoms with Gasteiger partial charge in [0.05, 0.1) is 0 Å². The van der Waals surface area contributed by atoms with E-state index in [0.717, 1.165) is 18.7 Å². The van der Waals surface area contributed by atoms with E-state index in [1.807, 2.05) is 6.07 Å². The molecule has 23 heavy (non-hydrogen) atoms. The summed E-state index contributed by atoms with van der Waals surface area (Å²) in [6, 6.07) is 15.3. The summed E-state index contributed by atoms with van der Waals surface area (Å²) in [6.07, 6.45) is 5.76. The second-order valence-electron chi connectivity index (χ2n) is 6.45. The number of fused-ring (bicyclic) bond motifs is 2. The van der Waals surface area contributed by atoms with E-state index < -0.39 is 0 Å². The van der Waals surface area contributed by atoms with Crippen molar-refractivity contribution in [1.82, 2.24) is 0 Å². The molecule has 0 N–H and O–H groups in total. The van der Waals surface area contributed by atoms with Crippen LogP contribution in [0.3, 0.4) is 0 Å². The van der Waals surface area contributed by atoms with E-state index in [1.165, 1.54) is 47.3 Å². The first kappa shape index (κ1) is 14.4. The van der Waals surface area contributed by atoms with E-state index in [4.69, 9.17) is 4.74 Å². The molecule has 2 nitrogen and oxygen atoms in total. The zero-order valence-electron chi connectivity index (χ0n) is 13.7. The molecular formula is C21H23NO. The third-order valence-electron chi connectivity index (χ3n) is 4.87. The van der Waals surface area contributed by atoms with Crippen LogP contribution in [-0.4, -0.2) is 19.7 Å². The second kappa shape index (κ2) is 6.11. The van der Waals surface area contributed by atoms with Gasteiger partial charge in [-0.2, -0.15) is 0 Å². The summed E-state index contributed by atoms with van der Waals surface area (Å²) in [5, 5.41) is 0. The Bertz CT molecular complexity index is 747. The minimum atomic E-state index is 0.704. The van der Waals surface area contributed by atoms with Gasteiger partial charge in [0, 0.05) is 25.2 Å². The molecule has 0 saturated heterocycles. The van der Waals surface area contributed by atoms with E-state index in [-0.39, 0.29) is 0 Å². The number of benzene rings is 2. The summed E-state index contributed by atoms with van der Waals surface area (Å²) in [5.74, 6) is 1.04. The van der Waals surface area contributed by atoms with Crippen LogP contribution >= 0.6 is 0 Å². The topological polar surface area (TPSA) is 12.5 Å². The van der Waals surface area contributed by atoms with Crippen molar-refractivity contribution in [3.63, 3.8) is 0 Å². The Balaban J connectivity index is 1.60. The Morgan fingerprint density at radius 1 is 1.13 bits per heavy atom. The summed E-state index contributed by atoms with van der Waals surface area (Å²) in [7, 11) is 0. The van der Waals surface area contributed by atoms with Crippen molar-refractivity contribution in [2.45, 2.75) is 26.2 Å². The molecule has 0 aromatic heterocycles. The van der Waals surface area contributed by atoms with Crippen LogP contribution < -0.4 is 9.64 Å². The zero-order chi connectivity index (χ0) is 15.6. The maximum Gasteiger partial charge on any atom is 0.123 e. The van der Waals surface area contributed by atoms with E-state index in [0.29, 0.717) is 6.61 Å². The smallest absolute Gasteiger partial charge is 0.123 e. The van der Waals surface area contributed by atoms with E-state index in [2.05, 4.69) is 54.3 Å². The zero-order valence-corrected chi connectivity index (χ0v) is 13.7. The van der Waals surface area contributed by atoms with Gasteiger partial charge in [-0.15, -0.1) is 0 Å². The molecule has 0 bridgehead atoms. The third kappa shape index (κ3) is 2.86. The Morgan fingerprint density at radius 3 is 2.96 bits per heavy atom. The molecule has 0 unspecified atom stereocenters. The Morgan fingerprint density at radius 2 is 2.04 bits per heavy atom. The van der Waals surface area contributed by atoms with Gasteiger partial charge in [0.2, 0.25) is 0 Å². The lowest BCUT2D eigenvalue weighted by Crippen LogP contribution is -2.28. The maximum absolute atomic E-state index is 5.88. The summed E-state index contributed by atoms with van der Waals surface area (Å²) in [5.41, 5.74) is 6.86. The maximum atomic E-state index is 5.88. The van der Waals surface area contributed by atoms with Crippen molar-refractivity contribution in [3.05, 3.63) is 64.7 Å². The number of anilines is 1. The van der Waals surface area contributed by atoms with Crippen LogP contribution in [0, 0.1) is 0 Å². The molecule has 0 amide bonds. The SMILES string of the molecule is CCN1CCCc2cc(C=C3COc4ccccc4C3)ccc21. The van der Waals surface area contributed by atoms with Gasteiger partial charge in [0.1, 0.15) is 12.4 Å². The Hall–Kier alpha value is -2.22. The highest BCUT2D eigenvalue weighted by Gasteiger charge is 2.16. The van der Waals surface area contributed by atoms with E-state index in [1.54, 1.807) is 0 Å². The van der Waals surface area contributed by atoms with E-state index in [9.17, 15) is 0 Å². The third-order valence-corrected chi connectivity index (χ3v) is 4.87.